The van der Waals surface area contributed by atoms with Gasteiger partial charge in [0.15, 0.2) is 0 Å². The van der Waals surface area contributed by atoms with Crippen molar-refractivity contribution in [1.82, 2.24) is 0 Å². The molecule has 94 valence electrons. The van der Waals surface area contributed by atoms with Gasteiger partial charge in [-0.3, -0.25) is 0 Å². The minimum absolute atomic E-state index is 0.674. The van der Waals surface area contributed by atoms with Crippen LogP contribution in [0.3, 0.4) is 0 Å². The Balaban J connectivity index is 2.11. The third-order valence-electron chi connectivity index (χ3n) is 3.34. The van der Waals surface area contributed by atoms with Gasteiger partial charge in [-0.1, -0.05) is 13.8 Å². The molecule has 0 heterocycles. The van der Waals surface area contributed by atoms with E-state index >= 15 is 0 Å². The highest BCUT2D eigenvalue weighted by molar-refractivity contribution is 5.70. The van der Waals surface area contributed by atoms with Crippen molar-refractivity contribution in [2.24, 2.45) is 5.92 Å². The van der Waals surface area contributed by atoms with Crippen molar-refractivity contribution in [3.63, 3.8) is 0 Å². The molecule has 0 aromatic heterocycles. The molecule has 1 aromatic carbocycles. The molecular weight excluding hydrogens is 210 g/mol. The first-order valence-corrected chi connectivity index (χ1v) is 6.49. The first kappa shape index (κ1) is 12.1. The van der Waals surface area contributed by atoms with E-state index in [2.05, 4.69) is 24.8 Å². The monoisotopic (exact) mass is 233 g/mol. The molecule has 0 bridgehead atoms. The van der Waals surface area contributed by atoms with Gasteiger partial charge in [-0.05, 0) is 43.4 Å². The van der Waals surface area contributed by atoms with E-state index in [0.717, 1.165) is 18.5 Å². The van der Waals surface area contributed by atoms with Crippen LogP contribution >= 0.6 is 0 Å². The molecule has 2 rings (SSSR count). The maximum atomic E-state index is 5.88. The standard InChI is InChI=1S/C14H23N3/c1-10(2)7-8-17(11-3-4-11)12-5-6-13(15)14(16)9-12/h5-6,9-11H,3-4,7-8,15-16H2,1-2H3. The van der Waals surface area contributed by atoms with Crippen LogP contribution in [0.15, 0.2) is 18.2 Å². The molecule has 1 aliphatic carbocycles. The van der Waals surface area contributed by atoms with Crippen molar-refractivity contribution in [1.29, 1.82) is 0 Å². The quantitative estimate of drug-likeness (QED) is 0.769. The normalized spacial score (nSPS) is 15.2. The van der Waals surface area contributed by atoms with Crippen LogP contribution in [0, 0.1) is 5.92 Å². The van der Waals surface area contributed by atoms with Crippen LogP contribution in [-0.2, 0) is 0 Å². The molecular formula is C14H23N3. The topological polar surface area (TPSA) is 55.3 Å². The Morgan fingerprint density at radius 1 is 1.24 bits per heavy atom. The lowest BCUT2D eigenvalue weighted by molar-refractivity contribution is 0.571. The number of hydrogen-bond donors (Lipinski definition) is 2. The van der Waals surface area contributed by atoms with Crippen molar-refractivity contribution in [3.05, 3.63) is 18.2 Å². The minimum Gasteiger partial charge on any atom is -0.397 e. The molecule has 0 atom stereocenters. The Hall–Kier alpha value is -1.38. The van der Waals surface area contributed by atoms with Crippen molar-refractivity contribution in [3.8, 4) is 0 Å². The van der Waals surface area contributed by atoms with Crippen LogP contribution in [0.5, 0.6) is 0 Å². The van der Waals surface area contributed by atoms with Crippen LogP contribution < -0.4 is 16.4 Å². The van der Waals surface area contributed by atoms with E-state index in [9.17, 15) is 0 Å². The van der Waals surface area contributed by atoms with E-state index in [1.54, 1.807) is 0 Å². The number of hydrogen-bond acceptors (Lipinski definition) is 3. The fourth-order valence-corrected chi connectivity index (χ4v) is 2.05. The summed E-state index contributed by atoms with van der Waals surface area (Å²) < 4.78 is 0. The van der Waals surface area contributed by atoms with E-state index in [1.165, 1.54) is 24.9 Å². The largest absolute Gasteiger partial charge is 0.397 e. The summed E-state index contributed by atoms with van der Waals surface area (Å²) in [6.45, 7) is 5.65. The van der Waals surface area contributed by atoms with Gasteiger partial charge in [0.2, 0.25) is 0 Å². The average molecular weight is 233 g/mol. The zero-order valence-corrected chi connectivity index (χ0v) is 10.8. The number of nitrogens with zero attached hydrogens (tertiary/aromatic N) is 1. The van der Waals surface area contributed by atoms with Gasteiger partial charge in [-0.25, -0.2) is 0 Å². The summed E-state index contributed by atoms with van der Waals surface area (Å²) in [4.78, 5) is 2.48. The van der Waals surface area contributed by atoms with Crippen molar-refractivity contribution in [2.75, 3.05) is 22.9 Å². The van der Waals surface area contributed by atoms with Crippen LogP contribution in [0.2, 0.25) is 0 Å². The maximum Gasteiger partial charge on any atom is 0.0568 e. The molecule has 1 aromatic rings. The predicted octanol–water partition coefficient (Wildman–Crippen LogP) is 2.87. The molecule has 0 unspecified atom stereocenters. The molecule has 1 saturated carbocycles. The second kappa shape index (κ2) is 4.86. The number of nitrogen functional groups attached to an aromatic ring is 2. The van der Waals surface area contributed by atoms with E-state index in [1.807, 2.05) is 12.1 Å². The van der Waals surface area contributed by atoms with Crippen LogP contribution in [0.25, 0.3) is 0 Å². The first-order chi connectivity index (χ1) is 8.08. The summed E-state index contributed by atoms with van der Waals surface area (Å²) >= 11 is 0. The number of anilines is 3. The Morgan fingerprint density at radius 3 is 2.47 bits per heavy atom. The van der Waals surface area contributed by atoms with Crippen molar-refractivity contribution in [2.45, 2.75) is 39.2 Å². The molecule has 0 amide bonds. The predicted molar refractivity (Wildman–Crippen MR) is 75.1 cm³/mol. The average Bonchev–Trinajstić information content (AvgIpc) is 3.07. The highest BCUT2D eigenvalue weighted by atomic mass is 15.2. The Morgan fingerprint density at radius 2 is 1.94 bits per heavy atom. The SMILES string of the molecule is CC(C)CCN(c1ccc(N)c(N)c1)C1CC1. The Kier molecular flexibility index (Phi) is 3.46. The van der Waals surface area contributed by atoms with Gasteiger partial charge in [0.25, 0.3) is 0 Å². The lowest BCUT2D eigenvalue weighted by atomic mass is 10.1. The summed E-state index contributed by atoms with van der Waals surface area (Å²) in [7, 11) is 0. The third kappa shape index (κ3) is 3.05. The molecule has 0 spiro atoms. The fraction of sp³-hybridized carbons (Fsp3) is 0.571. The number of nitrogens with two attached hydrogens (primary N) is 2. The summed E-state index contributed by atoms with van der Waals surface area (Å²) in [6, 6.07) is 6.73. The van der Waals surface area contributed by atoms with Gasteiger partial charge in [-0.15, -0.1) is 0 Å². The van der Waals surface area contributed by atoms with Crippen molar-refractivity contribution < 1.29 is 0 Å². The Labute approximate surface area is 104 Å². The second-order valence-electron chi connectivity index (χ2n) is 5.42. The van der Waals surface area contributed by atoms with Crippen LogP contribution in [-0.4, -0.2) is 12.6 Å². The van der Waals surface area contributed by atoms with Crippen LogP contribution in [0.4, 0.5) is 17.1 Å². The molecule has 4 N–H and O–H groups in total. The zero-order chi connectivity index (χ0) is 12.4. The van der Waals surface area contributed by atoms with E-state index < -0.39 is 0 Å². The molecule has 0 saturated heterocycles. The smallest absolute Gasteiger partial charge is 0.0568 e. The second-order valence-corrected chi connectivity index (χ2v) is 5.42. The van der Waals surface area contributed by atoms with Gasteiger partial charge >= 0.3 is 0 Å². The van der Waals surface area contributed by atoms with Gasteiger partial charge in [0, 0.05) is 18.3 Å². The number of rotatable bonds is 5. The molecule has 0 radical (unpaired) electrons. The maximum absolute atomic E-state index is 5.88. The molecule has 3 nitrogen and oxygen atoms in total. The van der Waals surface area contributed by atoms with E-state index in [0.29, 0.717) is 11.4 Å². The third-order valence-corrected chi connectivity index (χ3v) is 3.34. The molecule has 1 fully saturated rings. The van der Waals surface area contributed by atoms with Crippen molar-refractivity contribution >= 4 is 17.1 Å². The van der Waals surface area contributed by atoms with E-state index in [-0.39, 0.29) is 0 Å². The first-order valence-electron chi connectivity index (χ1n) is 6.49. The summed E-state index contributed by atoms with van der Waals surface area (Å²) in [5.41, 5.74) is 14.2. The summed E-state index contributed by atoms with van der Waals surface area (Å²) in [5, 5.41) is 0. The van der Waals surface area contributed by atoms with Gasteiger partial charge in [0.05, 0.1) is 11.4 Å². The highest BCUT2D eigenvalue weighted by Gasteiger charge is 2.29. The summed E-state index contributed by atoms with van der Waals surface area (Å²) in [5.74, 6) is 0.738. The Bertz CT molecular complexity index is 383. The van der Waals surface area contributed by atoms with Gasteiger partial charge < -0.3 is 16.4 Å². The molecule has 3 heteroatoms. The lowest BCUT2D eigenvalue weighted by Gasteiger charge is -2.26. The molecule has 17 heavy (non-hydrogen) atoms. The lowest BCUT2D eigenvalue weighted by Crippen LogP contribution is -2.27. The van der Waals surface area contributed by atoms with E-state index in [4.69, 9.17) is 11.5 Å². The summed E-state index contributed by atoms with van der Waals surface area (Å²) in [6.07, 6.45) is 3.84. The minimum atomic E-state index is 0.674. The zero-order valence-electron chi connectivity index (χ0n) is 10.8. The van der Waals surface area contributed by atoms with Gasteiger partial charge in [0.1, 0.15) is 0 Å². The number of benzene rings is 1. The highest BCUT2D eigenvalue weighted by Crippen LogP contribution is 2.34. The molecule has 0 aliphatic heterocycles. The fourth-order valence-electron chi connectivity index (χ4n) is 2.05. The molecule has 1 aliphatic rings. The van der Waals surface area contributed by atoms with Crippen LogP contribution in [0.1, 0.15) is 33.1 Å². The van der Waals surface area contributed by atoms with Gasteiger partial charge in [-0.2, -0.15) is 0 Å².